The molecule has 2 aliphatic rings. The molecular weight excluding hydrogens is 444 g/mol. The van der Waals surface area contributed by atoms with E-state index in [9.17, 15) is 9.59 Å². The molecule has 2 heterocycles. The van der Waals surface area contributed by atoms with Crippen molar-refractivity contribution in [1.29, 1.82) is 0 Å². The fraction of sp³-hybridized carbons (Fsp3) is 0.393. The van der Waals surface area contributed by atoms with E-state index in [0.717, 1.165) is 53.4 Å². The molecule has 34 heavy (non-hydrogen) atoms. The van der Waals surface area contributed by atoms with E-state index in [4.69, 9.17) is 9.72 Å². The molecule has 1 unspecified atom stereocenters. The third-order valence-electron chi connectivity index (χ3n) is 6.95. The van der Waals surface area contributed by atoms with Gasteiger partial charge in [-0.1, -0.05) is 43.5 Å². The molecule has 1 fully saturated rings. The quantitative estimate of drug-likeness (QED) is 0.443. The molecule has 5 nitrogen and oxygen atoms in total. The highest BCUT2D eigenvalue weighted by atomic mass is 32.1. The van der Waals surface area contributed by atoms with Crippen molar-refractivity contribution in [3.63, 3.8) is 0 Å². The fourth-order valence-corrected chi connectivity index (χ4v) is 5.79. The number of nitrogens with one attached hydrogen (secondary N) is 1. The Morgan fingerprint density at radius 3 is 2.76 bits per heavy atom. The summed E-state index contributed by atoms with van der Waals surface area (Å²) in [6.45, 7) is 2.31. The first kappa shape index (κ1) is 22.8. The zero-order chi connectivity index (χ0) is 23.5. The van der Waals surface area contributed by atoms with Crippen LogP contribution in [0.15, 0.2) is 41.8 Å². The molecule has 0 saturated heterocycles. The summed E-state index contributed by atoms with van der Waals surface area (Å²) in [7, 11) is 0. The summed E-state index contributed by atoms with van der Waals surface area (Å²) in [6.07, 6.45) is 8.94. The van der Waals surface area contributed by atoms with E-state index in [0.29, 0.717) is 18.0 Å². The summed E-state index contributed by atoms with van der Waals surface area (Å²) in [5.41, 5.74) is 4.23. The van der Waals surface area contributed by atoms with Crippen LogP contribution in [0.1, 0.15) is 71.9 Å². The van der Waals surface area contributed by atoms with E-state index in [1.54, 1.807) is 18.3 Å². The Labute approximate surface area is 204 Å². The number of hydrogen-bond acceptors (Lipinski definition) is 5. The predicted molar refractivity (Wildman–Crippen MR) is 137 cm³/mol. The van der Waals surface area contributed by atoms with Crippen LogP contribution in [0.2, 0.25) is 0 Å². The van der Waals surface area contributed by atoms with E-state index >= 15 is 0 Å². The first-order chi connectivity index (χ1) is 16.6. The van der Waals surface area contributed by atoms with Crippen LogP contribution < -0.4 is 5.32 Å². The van der Waals surface area contributed by atoms with Crippen LogP contribution in [-0.4, -0.2) is 29.5 Å². The van der Waals surface area contributed by atoms with Gasteiger partial charge in [-0.05, 0) is 73.3 Å². The molecule has 2 aromatic heterocycles. The van der Waals surface area contributed by atoms with E-state index in [-0.39, 0.29) is 5.91 Å². The highest BCUT2D eigenvalue weighted by molar-refractivity contribution is 7.10. The lowest BCUT2D eigenvalue weighted by atomic mass is 9.89. The van der Waals surface area contributed by atoms with E-state index in [2.05, 4.69) is 22.8 Å². The zero-order valence-corrected chi connectivity index (χ0v) is 20.3. The van der Waals surface area contributed by atoms with Crippen molar-refractivity contribution in [3.8, 4) is 0 Å². The number of carbonyl (C=O) groups excluding carboxylic acids is 2. The Morgan fingerprint density at radius 2 is 1.97 bits per heavy atom. The standard InChI is InChI=1S/C28H30N2O3S/c1-18(27(31)29-17-19-8-3-2-4-9-19)33-28(32)25-22-11-5-6-12-24(22)30-26-20(13-14-23(25)26)16-21-10-7-15-34-21/h5-7,10-12,15-16,18-19H,2-4,8-9,13-14,17H2,1H3,(H,29,31). The van der Waals surface area contributed by atoms with Gasteiger partial charge in [-0.25, -0.2) is 9.78 Å². The normalized spacial score (nSPS) is 18.1. The third kappa shape index (κ3) is 4.78. The van der Waals surface area contributed by atoms with Gasteiger partial charge in [0.05, 0.1) is 16.8 Å². The van der Waals surface area contributed by atoms with E-state index in [1.807, 2.05) is 30.3 Å². The van der Waals surface area contributed by atoms with Crippen molar-refractivity contribution in [1.82, 2.24) is 10.3 Å². The highest BCUT2D eigenvalue weighted by Gasteiger charge is 2.29. The first-order valence-electron chi connectivity index (χ1n) is 12.2. The molecule has 1 atom stereocenters. The van der Waals surface area contributed by atoms with Crippen LogP contribution in [-0.2, 0) is 16.0 Å². The number of nitrogens with zero attached hydrogens (tertiary/aromatic N) is 1. The number of benzene rings is 1. The molecule has 1 saturated carbocycles. The van der Waals surface area contributed by atoms with Crippen LogP contribution in [0.5, 0.6) is 0 Å². The van der Waals surface area contributed by atoms with Crippen LogP contribution in [0.4, 0.5) is 0 Å². The van der Waals surface area contributed by atoms with E-state index < -0.39 is 12.1 Å². The average molecular weight is 475 g/mol. The number of allylic oxidation sites excluding steroid dienone is 1. The molecule has 1 N–H and O–H groups in total. The Morgan fingerprint density at radius 1 is 1.15 bits per heavy atom. The van der Waals surface area contributed by atoms with Crippen molar-refractivity contribution >= 4 is 45.8 Å². The number of ether oxygens (including phenoxy) is 1. The monoisotopic (exact) mass is 474 g/mol. The van der Waals surface area contributed by atoms with Crippen molar-refractivity contribution < 1.29 is 14.3 Å². The van der Waals surface area contributed by atoms with Gasteiger partial charge in [0, 0.05) is 16.8 Å². The molecule has 0 bridgehead atoms. The number of hydrogen-bond donors (Lipinski definition) is 1. The van der Waals surface area contributed by atoms with Crippen LogP contribution in [0.25, 0.3) is 22.6 Å². The van der Waals surface area contributed by atoms with Crippen molar-refractivity contribution in [2.75, 3.05) is 6.54 Å². The second kappa shape index (κ2) is 10.1. The molecular formula is C28H30N2O3S. The van der Waals surface area contributed by atoms with Crippen LogP contribution >= 0.6 is 11.3 Å². The summed E-state index contributed by atoms with van der Waals surface area (Å²) in [5, 5.41) is 5.83. The Kier molecular flexibility index (Phi) is 6.77. The average Bonchev–Trinajstić information content (AvgIpc) is 3.52. The maximum Gasteiger partial charge on any atom is 0.339 e. The SMILES string of the molecule is CC(OC(=O)c1c2c(nc3ccccc13)C(=Cc1cccs1)CC2)C(=O)NCC1CCCCC1. The highest BCUT2D eigenvalue weighted by Crippen LogP contribution is 2.38. The Balaban J connectivity index is 1.38. The number of fused-ring (bicyclic) bond motifs is 2. The topological polar surface area (TPSA) is 68.3 Å². The summed E-state index contributed by atoms with van der Waals surface area (Å²) in [4.78, 5) is 32.2. The lowest BCUT2D eigenvalue weighted by Gasteiger charge is -2.23. The van der Waals surface area contributed by atoms with Gasteiger partial charge in [0.1, 0.15) is 0 Å². The van der Waals surface area contributed by atoms with E-state index in [1.165, 1.54) is 24.1 Å². The molecule has 2 aliphatic carbocycles. The number of aromatic nitrogens is 1. The molecule has 176 valence electrons. The van der Waals surface area contributed by atoms with Gasteiger partial charge in [0.2, 0.25) is 0 Å². The number of amides is 1. The van der Waals surface area contributed by atoms with Crippen LogP contribution in [0, 0.1) is 5.92 Å². The summed E-state index contributed by atoms with van der Waals surface area (Å²) >= 11 is 1.68. The number of para-hydroxylation sites is 1. The molecule has 1 amide bonds. The number of pyridine rings is 1. The lowest BCUT2D eigenvalue weighted by molar-refractivity contribution is -0.129. The second-order valence-corrected chi connectivity index (χ2v) is 10.3. The molecule has 3 aromatic rings. The van der Waals surface area contributed by atoms with Crippen molar-refractivity contribution in [2.24, 2.45) is 5.92 Å². The fourth-order valence-electron chi connectivity index (χ4n) is 5.11. The molecule has 0 aliphatic heterocycles. The molecule has 1 aromatic carbocycles. The van der Waals surface area contributed by atoms with Gasteiger partial charge < -0.3 is 10.1 Å². The Bertz CT molecular complexity index is 1230. The Hall–Kier alpha value is -2.99. The van der Waals surface area contributed by atoms with Gasteiger partial charge in [-0.2, -0.15) is 0 Å². The molecule has 0 radical (unpaired) electrons. The summed E-state index contributed by atoms with van der Waals surface area (Å²) in [6, 6.07) is 11.8. The van der Waals surface area contributed by atoms with Gasteiger partial charge in [0.15, 0.2) is 6.10 Å². The van der Waals surface area contributed by atoms with Crippen LogP contribution in [0.3, 0.4) is 0 Å². The first-order valence-corrected chi connectivity index (χ1v) is 13.1. The van der Waals surface area contributed by atoms with Crippen molar-refractivity contribution in [2.45, 2.75) is 58.0 Å². The number of thiophene rings is 1. The molecule has 0 spiro atoms. The largest absolute Gasteiger partial charge is 0.449 e. The summed E-state index contributed by atoms with van der Waals surface area (Å²) in [5.74, 6) is -0.152. The lowest BCUT2D eigenvalue weighted by Crippen LogP contribution is -2.38. The van der Waals surface area contributed by atoms with Crippen molar-refractivity contribution in [3.05, 3.63) is 63.5 Å². The number of esters is 1. The smallest absolute Gasteiger partial charge is 0.339 e. The van der Waals surface area contributed by atoms with Gasteiger partial charge >= 0.3 is 5.97 Å². The molecule has 6 heteroatoms. The molecule has 5 rings (SSSR count). The number of carbonyl (C=O) groups is 2. The van der Waals surface area contributed by atoms with Gasteiger partial charge in [-0.15, -0.1) is 11.3 Å². The predicted octanol–water partition coefficient (Wildman–Crippen LogP) is 6.02. The minimum absolute atomic E-state index is 0.229. The second-order valence-electron chi connectivity index (χ2n) is 9.31. The minimum Gasteiger partial charge on any atom is -0.449 e. The maximum atomic E-state index is 13.4. The minimum atomic E-state index is -0.846. The van der Waals surface area contributed by atoms with Gasteiger partial charge in [0.25, 0.3) is 5.91 Å². The zero-order valence-electron chi connectivity index (χ0n) is 19.5. The number of rotatable bonds is 6. The summed E-state index contributed by atoms with van der Waals surface area (Å²) < 4.78 is 5.72. The maximum absolute atomic E-state index is 13.4. The third-order valence-corrected chi connectivity index (χ3v) is 7.77. The van der Waals surface area contributed by atoms with Gasteiger partial charge in [-0.3, -0.25) is 4.79 Å².